The van der Waals surface area contributed by atoms with Gasteiger partial charge in [0.2, 0.25) is 5.90 Å². The zero-order valence-electron chi connectivity index (χ0n) is 23.5. The second-order valence-corrected chi connectivity index (χ2v) is 11.4. The molecule has 0 spiro atoms. The monoisotopic (exact) mass is 585 g/mol. The lowest BCUT2D eigenvalue weighted by molar-refractivity contribution is -0.0392. The Bertz CT molecular complexity index is 1660. The number of ether oxygens (including phenoxy) is 5. The summed E-state index contributed by atoms with van der Waals surface area (Å²) in [6.45, 7) is 2.46. The van der Waals surface area contributed by atoms with Crippen LogP contribution >= 0.6 is 0 Å². The maximum absolute atomic E-state index is 15.8. The summed E-state index contributed by atoms with van der Waals surface area (Å²) < 4.78 is 47.3. The van der Waals surface area contributed by atoms with E-state index >= 15 is 4.39 Å². The quantitative estimate of drug-likeness (QED) is 0.344. The van der Waals surface area contributed by atoms with Gasteiger partial charge in [-0.15, -0.1) is 0 Å². The third-order valence-corrected chi connectivity index (χ3v) is 8.65. The Balaban J connectivity index is 1.10. The zero-order valence-corrected chi connectivity index (χ0v) is 23.5. The third-order valence-electron chi connectivity index (χ3n) is 8.65. The van der Waals surface area contributed by atoms with E-state index in [0.717, 1.165) is 36.0 Å². The molecular formula is C33H32FN3O6. The van der Waals surface area contributed by atoms with Crippen LogP contribution in [0.1, 0.15) is 31.1 Å². The number of aliphatic hydroxyl groups excluding tert-OH is 1. The number of hydrogen-bond donors (Lipinski definition) is 1. The number of aromatic nitrogens is 2. The minimum atomic E-state index is -0.670. The van der Waals surface area contributed by atoms with Crippen molar-refractivity contribution in [1.82, 2.24) is 9.55 Å². The lowest BCUT2D eigenvalue weighted by Crippen LogP contribution is -2.35. The van der Waals surface area contributed by atoms with Crippen LogP contribution in [0.5, 0.6) is 5.88 Å². The third kappa shape index (κ3) is 4.88. The van der Waals surface area contributed by atoms with E-state index in [1.165, 1.54) is 6.07 Å². The summed E-state index contributed by atoms with van der Waals surface area (Å²) in [6.07, 6.45) is 0.631. The molecule has 0 amide bonds. The van der Waals surface area contributed by atoms with Crippen molar-refractivity contribution in [3.8, 4) is 28.3 Å². The van der Waals surface area contributed by atoms with E-state index < -0.39 is 24.1 Å². The summed E-state index contributed by atoms with van der Waals surface area (Å²) >= 11 is 0. The van der Waals surface area contributed by atoms with Gasteiger partial charge >= 0.3 is 0 Å². The molecule has 3 saturated heterocycles. The zero-order chi connectivity index (χ0) is 28.9. The Kier molecular flexibility index (Phi) is 6.86. The molecule has 222 valence electrons. The highest BCUT2D eigenvalue weighted by molar-refractivity contribution is 5.95. The molecule has 1 N–H and O–H groups in total. The molecule has 2 aromatic heterocycles. The number of halogens is 1. The second-order valence-electron chi connectivity index (χ2n) is 11.4. The molecular weight excluding hydrogens is 553 g/mol. The van der Waals surface area contributed by atoms with Crippen molar-refractivity contribution in [2.75, 3.05) is 33.0 Å². The van der Waals surface area contributed by atoms with Crippen molar-refractivity contribution >= 4 is 16.9 Å². The van der Waals surface area contributed by atoms with Crippen LogP contribution < -0.4 is 4.74 Å². The van der Waals surface area contributed by atoms with Gasteiger partial charge in [-0.25, -0.2) is 14.4 Å². The molecule has 43 heavy (non-hydrogen) atoms. The van der Waals surface area contributed by atoms with Crippen LogP contribution in [0.4, 0.5) is 4.39 Å². The highest BCUT2D eigenvalue weighted by Gasteiger charge is 2.48. The van der Waals surface area contributed by atoms with Gasteiger partial charge in [0.15, 0.2) is 17.8 Å². The highest BCUT2D eigenvalue weighted by Crippen LogP contribution is 2.38. The van der Waals surface area contributed by atoms with Crippen LogP contribution in [-0.4, -0.2) is 77.9 Å². The van der Waals surface area contributed by atoms with Crippen molar-refractivity contribution < 1.29 is 33.2 Å². The average molecular weight is 586 g/mol. The Labute approximate surface area is 247 Å². The van der Waals surface area contributed by atoms with E-state index in [1.807, 2.05) is 59.2 Å². The van der Waals surface area contributed by atoms with Crippen molar-refractivity contribution in [3.63, 3.8) is 0 Å². The Morgan fingerprint density at radius 1 is 0.837 bits per heavy atom. The molecule has 8 rings (SSSR count). The van der Waals surface area contributed by atoms with E-state index in [1.54, 1.807) is 0 Å². The average Bonchev–Trinajstić information content (AvgIpc) is 3.85. The summed E-state index contributed by atoms with van der Waals surface area (Å²) in [5.74, 6) is 0.788. The molecule has 5 atom stereocenters. The van der Waals surface area contributed by atoms with Gasteiger partial charge in [0, 0.05) is 29.9 Å². The minimum Gasteiger partial charge on any atom is -0.476 e. The minimum absolute atomic E-state index is 0.217. The molecule has 0 aliphatic carbocycles. The molecule has 4 aromatic rings. The number of benzene rings is 2. The summed E-state index contributed by atoms with van der Waals surface area (Å²) in [5, 5.41) is 10.2. The predicted molar refractivity (Wildman–Crippen MR) is 157 cm³/mol. The standard InChI is InChI=1S/C33H32FN3O6/c34-23-15-25-24(16-29(37(25)28-3-1-2-13-39-28)43-27-18-42-31-26(38)17-41-32(27)31)36-30(23)21-8-4-19(5-9-21)20-6-10-22(11-7-20)33-35-12-14-40-33/h4-11,15-16,26-28,31-32,38H,1-3,12-14,17-18H2/t26-,27-,28?,31-,32-/m1/s1. The van der Waals surface area contributed by atoms with Gasteiger partial charge in [0.05, 0.1) is 30.8 Å². The van der Waals surface area contributed by atoms with Crippen molar-refractivity contribution in [1.29, 1.82) is 0 Å². The smallest absolute Gasteiger partial charge is 0.216 e. The van der Waals surface area contributed by atoms with E-state index in [0.29, 0.717) is 54.7 Å². The number of fused-ring (bicyclic) bond motifs is 2. The van der Waals surface area contributed by atoms with Crippen LogP contribution in [0.25, 0.3) is 33.4 Å². The van der Waals surface area contributed by atoms with Gasteiger partial charge in [0.1, 0.15) is 36.8 Å². The van der Waals surface area contributed by atoms with E-state index in [4.69, 9.17) is 28.7 Å². The first-order valence-corrected chi connectivity index (χ1v) is 14.9. The summed E-state index contributed by atoms with van der Waals surface area (Å²) in [5.41, 5.74) is 5.18. The van der Waals surface area contributed by atoms with Crippen LogP contribution in [0.15, 0.2) is 65.7 Å². The first-order chi connectivity index (χ1) is 21.1. The maximum atomic E-state index is 15.8. The number of pyridine rings is 1. The van der Waals surface area contributed by atoms with Gasteiger partial charge in [-0.1, -0.05) is 36.4 Å². The Hall–Kier alpha value is -3.83. The summed E-state index contributed by atoms with van der Waals surface area (Å²) in [6, 6.07) is 19.2. The summed E-state index contributed by atoms with van der Waals surface area (Å²) in [7, 11) is 0. The molecule has 10 heteroatoms. The number of aliphatic imine (C=N–C) groups is 1. The first-order valence-electron chi connectivity index (χ1n) is 14.9. The fourth-order valence-corrected chi connectivity index (χ4v) is 6.45. The SMILES string of the molecule is O[C@@H]1CO[C@H]2[C@@H]1OC[C@H]2Oc1cc2nc(-c3ccc(-c4ccc(C5=NCCO5)cc4)cc3)c(F)cc2n1C1CCCCO1. The fraction of sp³-hybridized carbons (Fsp3) is 0.394. The van der Waals surface area contributed by atoms with E-state index in [2.05, 4.69) is 4.99 Å². The molecule has 9 nitrogen and oxygen atoms in total. The number of rotatable bonds is 6. The Morgan fingerprint density at radius 2 is 1.58 bits per heavy atom. The fourth-order valence-electron chi connectivity index (χ4n) is 6.45. The van der Waals surface area contributed by atoms with E-state index in [9.17, 15) is 5.11 Å². The molecule has 0 saturated carbocycles. The molecule has 3 fully saturated rings. The molecule has 6 heterocycles. The van der Waals surface area contributed by atoms with Gasteiger partial charge in [-0.3, -0.25) is 4.57 Å². The normalized spacial score (nSPS) is 26.8. The van der Waals surface area contributed by atoms with Gasteiger partial charge in [0.25, 0.3) is 0 Å². The molecule has 2 aromatic carbocycles. The molecule has 0 bridgehead atoms. The van der Waals surface area contributed by atoms with Gasteiger partial charge in [-0.2, -0.15) is 0 Å². The van der Waals surface area contributed by atoms with Crippen LogP contribution in [0, 0.1) is 5.82 Å². The summed E-state index contributed by atoms with van der Waals surface area (Å²) in [4.78, 5) is 9.14. The van der Waals surface area contributed by atoms with Crippen LogP contribution in [0.2, 0.25) is 0 Å². The number of hydrogen-bond acceptors (Lipinski definition) is 8. The van der Waals surface area contributed by atoms with Crippen LogP contribution in [-0.2, 0) is 18.9 Å². The molecule has 1 unspecified atom stereocenters. The molecule has 0 radical (unpaired) electrons. The Morgan fingerprint density at radius 3 is 2.30 bits per heavy atom. The maximum Gasteiger partial charge on any atom is 0.216 e. The number of aliphatic hydroxyl groups is 1. The predicted octanol–water partition coefficient (Wildman–Crippen LogP) is 4.89. The lowest BCUT2D eigenvalue weighted by Gasteiger charge is -2.27. The van der Waals surface area contributed by atoms with Crippen molar-refractivity contribution in [2.24, 2.45) is 4.99 Å². The highest BCUT2D eigenvalue weighted by atomic mass is 19.1. The van der Waals surface area contributed by atoms with Gasteiger partial charge < -0.3 is 28.8 Å². The first kappa shape index (κ1) is 26.8. The largest absolute Gasteiger partial charge is 0.476 e. The molecule has 4 aliphatic heterocycles. The molecule has 4 aliphatic rings. The number of nitrogens with zero attached hydrogens (tertiary/aromatic N) is 3. The van der Waals surface area contributed by atoms with Gasteiger partial charge in [-0.05, 0) is 42.5 Å². The van der Waals surface area contributed by atoms with E-state index in [-0.39, 0.29) is 24.6 Å². The topological polar surface area (TPSA) is 96.6 Å². The van der Waals surface area contributed by atoms with Crippen LogP contribution in [0.3, 0.4) is 0 Å². The van der Waals surface area contributed by atoms with Crippen molar-refractivity contribution in [2.45, 2.75) is 49.9 Å². The van der Waals surface area contributed by atoms with Crippen molar-refractivity contribution in [3.05, 3.63) is 72.0 Å². The lowest BCUT2D eigenvalue weighted by atomic mass is 10.0. The second kappa shape index (κ2) is 11.0.